The number of aliphatic hydroxyl groups is 1. The van der Waals surface area contributed by atoms with E-state index in [4.69, 9.17) is 13.9 Å². The molecule has 1 N–H and O–H groups in total. The number of nitrogens with zero attached hydrogens (tertiary/aromatic N) is 1. The summed E-state index contributed by atoms with van der Waals surface area (Å²) in [6, 6.07) is 9.56. The Labute approximate surface area is 169 Å². The third-order valence-electron chi connectivity index (χ3n) is 4.77. The third kappa shape index (κ3) is 4.35. The van der Waals surface area contributed by atoms with E-state index in [1.54, 1.807) is 24.3 Å². The molecule has 7 nitrogen and oxygen atoms in total. The minimum Gasteiger partial charge on any atom is -0.503 e. The molecule has 1 unspecified atom stereocenters. The fourth-order valence-electron chi connectivity index (χ4n) is 3.30. The molecule has 1 aromatic carbocycles. The lowest BCUT2D eigenvalue weighted by molar-refractivity contribution is -0.130. The molecule has 1 aromatic heterocycles. The zero-order valence-electron chi connectivity index (χ0n) is 16.6. The molecular weight excluding hydrogens is 374 g/mol. The van der Waals surface area contributed by atoms with E-state index in [1.807, 2.05) is 6.07 Å². The minimum absolute atomic E-state index is 0.00763. The number of ether oxygens (including phenoxy) is 2. The second-order valence-corrected chi connectivity index (χ2v) is 6.74. The minimum atomic E-state index is -0.759. The molecule has 0 saturated carbocycles. The van der Waals surface area contributed by atoms with Crippen LogP contribution in [0.25, 0.3) is 0 Å². The van der Waals surface area contributed by atoms with E-state index in [1.165, 1.54) is 24.3 Å². The van der Waals surface area contributed by atoms with Gasteiger partial charge in [-0.25, -0.2) is 0 Å². The predicted molar refractivity (Wildman–Crippen MR) is 106 cm³/mol. The molecule has 29 heavy (non-hydrogen) atoms. The van der Waals surface area contributed by atoms with Crippen molar-refractivity contribution in [2.45, 2.75) is 25.8 Å². The van der Waals surface area contributed by atoms with Gasteiger partial charge in [0.2, 0.25) is 5.78 Å². The first kappa shape index (κ1) is 20.7. The summed E-state index contributed by atoms with van der Waals surface area (Å²) in [5.41, 5.74) is 0.661. The Hall–Kier alpha value is -3.06. The maximum atomic E-state index is 13.0. The van der Waals surface area contributed by atoms with Gasteiger partial charge in [-0.2, -0.15) is 0 Å². The number of benzene rings is 1. The van der Waals surface area contributed by atoms with Gasteiger partial charge in [-0.1, -0.05) is 25.5 Å². The average Bonchev–Trinajstić information content (AvgIpc) is 3.35. The zero-order valence-corrected chi connectivity index (χ0v) is 16.6. The summed E-state index contributed by atoms with van der Waals surface area (Å²) >= 11 is 0. The van der Waals surface area contributed by atoms with E-state index in [2.05, 4.69) is 6.92 Å². The molecule has 0 saturated heterocycles. The second kappa shape index (κ2) is 9.43. The summed E-state index contributed by atoms with van der Waals surface area (Å²) in [4.78, 5) is 27.2. The standard InChI is InChI=1S/C22H25NO6/c1-3-4-11-28-16-8-5-7-15(14-16)19-18(20(24)17-9-6-12-29-17)21(25)22(26)23(19)10-13-27-2/h5-9,12,14,19,25H,3-4,10-11,13H2,1-2H3. The number of rotatable bonds is 10. The Morgan fingerprint density at radius 2 is 2.07 bits per heavy atom. The Kier molecular flexibility index (Phi) is 6.72. The number of aliphatic hydroxyl groups excluding tert-OH is 1. The van der Waals surface area contributed by atoms with Crippen LogP contribution in [0.4, 0.5) is 0 Å². The lowest BCUT2D eigenvalue weighted by Gasteiger charge is -2.26. The first-order chi connectivity index (χ1) is 14.1. The molecule has 1 aliphatic rings. The number of furan rings is 1. The molecule has 2 aromatic rings. The third-order valence-corrected chi connectivity index (χ3v) is 4.77. The van der Waals surface area contributed by atoms with Crippen molar-refractivity contribution in [3.8, 4) is 5.75 Å². The average molecular weight is 399 g/mol. The number of ketones is 1. The number of hydrogen-bond acceptors (Lipinski definition) is 6. The van der Waals surface area contributed by atoms with E-state index in [9.17, 15) is 14.7 Å². The number of methoxy groups -OCH3 is 1. The van der Waals surface area contributed by atoms with E-state index < -0.39 is 23.5 Å². The predicted octanol–water partition coefficient (Wildman–Crippen LogP) is 3.68. The van der Waals surface area contributed by atoms with Gasteiger partial charge in [0, 0.05) is 13.7 Å². The van der Waals surface area contributed by atoms with Gasteiger partial charge < -0.3 is 23.9 Å². The number of amides is 1. The molecular formula is C22H25NO6. The quantitative estimate of drug-likeness (QED) is 0.484. The van der Waals surface area contributed by atoms with Crippen molar-refractivity contribution in [3.63, 3.8) is 0 Å². The fraction of sp³-hybridized carbons (Fsp3) is 0.364. The van der Waals surface area contributed by atoms with Crippen molar-refractivity contribution in [1.82, 2.24) is 4.90 Å². The monoisotopic (exact) mass is 399 g/mol. The van der Waals surface area contributed by atoms with Crippen LogP contribution < -0.4 is 4.74 Å². The Morgan fingerprint density at radius 3 is 2.76 bits per heavy atom. The lowest BCUT2D eigenvalue weighted by atomic mass is 9.95. The largest absolute Gasteiger partial charge is 0.503 e. The molecule has 0 spiro atoms. The van der Waals surface area contributed by atoms with Gasteiger partial charge in [0.05, 0.1) is 31.1 Å². The molecule has 1 amide bonds. The smallest absolute Gasteiger partial charge is 0.290 e. The van der Waals surface area contributed by atoms with Crippen molar-refractivity contribution in [2.24, 2.45) is 0 Å². The summed E-state index contributed by atoms with van der Waals surface area (Å²) in [5.74, 6) is -0.994. The van der Waals surface area contributed by atoms with E-state index >= 15 is 0 Å². The Bertz CT molecular complexity index is 886. The number of unbranched alkanes of at least 4 members (excludes halogenated alkanes) is 1. The SMILES string of the molecule is CCCCOc1cccc(C2C(C(=O)c3ccco3)=C(O)C(=O)N2CCOC)c1. The molecule has 1 aliphatic heterocycles. The maximum Gasteiger partial charge on any atom is 0.290 e. The van der Waals surface area contributed by atoms with Crippen molar-refractivity contribution < 1.29 is 28.6 Å². The molecule has 0 radical (unpaired) electrons. The van der Waals surface area contributed by atoms with Gasteiger partial charge >= 0.3 is 0 Å². The summed E-state index contributed by atoms with van der Waals surface area (Å²) in [6.45, 7) is 3.15. The van der Waals surface area contributed by atoms with Crippen molar-refractivity contribution in [1.29, 1.82) is 0 Å². The van der Waals surface area contributed by atoms with E-state index in [0.717, 1.165) is 12.8 Å². The molecule has 0 bridgehead atoms. The van der Waals surface area contributed by atoms with Crippen LogP contribution in [0.5, 0.6) is 5.75 Å². The Morgan fingerprint density at radius 1 is 1.24 bits per heavy atom. The van der Waals surface area contributed by atoms with Crippen molar-refractivity contribution >= 4 is 11.7 Å². The molecule has 1 atom stereocenters. The van der Waals surface area contributed by atoms with Crippen LogP contribution in [0.2, 0.25) is 0 Å². The van der Waals surface area contributed by atoms with Crippen LogP contribution in [0.15, 0.2) is 58.4 Å². The molecule has 3 rings (SSSR count). The Balaban J connectivity index is 1.99. The molecule has 7 heteroatoms. The summed E-state index contributed by atoms with van der Waals surface area (Å²) in [6.07, 6.45) is 3.32. The van der Waals surface area contributed by atoms with Crippen LogP contribution in [-0.2, 0) is 9.53 Å². The van der Waals surface area contributed by atoms with Gasteiger partial charge in [-0.15, -0.1) is 0 Å². The van der Waals surface area contributed by atoms with Crippen molar-refractivity contribution in [3.05, 3.63) is 65.3 Å². The van der Waals surface area contributed by atoms with E-state index in [-0.39, 0.29) is 24.5 Å². The topological polar surface area (TPSA) is 89.2 Å². The fourth-order valence-corrected chi connectivity index (χ4v) is 3.30. The van der Waals surface area contributed by atoms with Crippen LogP contribution in [0, 0.1) is 0 Å². The van der Waals surface area contributed by atoms with Gasteiger partial charge in [-0.05, 0) is 36.2 Å². The van der Waals surface area contributed by atoms with Crippen LogP contribution in [0.3, 0.4) is 0 Å². The molecule has 154 valence electrons. The van der Waals surface area contributed by atoms with E-state index in [0.29, 0.717) is 17.9 Å². The maximum absolute atomic E-state index is 13.0. The van der Waals surface area contributed by atoms with Crippen molar-refractivity contribution in [2.75, 3.05) is 26.9 Å². The van der Waals surface area contributed by atoms with Gasteiger partial charge in [0.25, 0.3) is 5.91 Å². The molecule has 0 aliphatic carbocycles. The van der Waals surface area contributed by atoms with Crippen LogP contribution >= 0.6 is 0 Å². The molecule has 0 fully saturated rings. The number of Topliss-reactive ketones (excluding diaryl/α,β-unsaturated/α-hetero) is 1. The van der Waals surface area contributed by atoms with Gasteiger partial charge in [0.1, 0.15) is 5.75 Å². The zero-order chi connectivity index (χ0) is 20.8. The highest BCUT2D eigenvalue weighted by Crippen LogP contribution is 2.39. The summed E-state index contributed by atoms with van der Waals surface area (Å²) < 4.78 is 16.1. The highest BCUT2D eigenvalue weighted by Gasteiger charge is 2.44. The van der Waals surface area contributed by atoms with Gasteiger partial charge in [-0.3, -0.25) is 9.59 Å². The first-order valence-corrected chi connectivity index (χ1v) is 9.62. The number of carbonyl (C=O) groups excluding carboxylic acids is 2. The summed E-state index contributed by atoms with van der Waals surface area (Å²) in [7, 11) is 1.53. The van der Waals surface area contributed by atoms with Crippen LogP contribution in [0.1, 0.15) is 41.9 Å². The highest BCUT2D eigenvalue weighted by atomic mass is 16.5. The molecule has 2 heterocycles. The normalized spacial score (nSPS) is 16.6. The second-order valence-electron chi connectivity index (χ2n) is 6.74. The number of carbonyl (C=O) groups is 2. The number of hydrogen-bond donors (Lipinski definition) is 1. The first-order valence-electron chi connectivity index (χ1n) is 9.62. The highest BCUT2D eigenvalue weighted by molar-refractivity contribution is 6.15. The summed E-state index contributed by atoms with van der Waals surface area (Å²) in [5, 5.41) is 10.5. The van der Waals surface area contributed by atoms with Crippen LogP contribution in [-0.4, -0.2) is 48.6 Å². The van der Waals surface area contributed by atoms with Gasteiger partial charge in [0.15, 0.2) is 11.5 Å². The lowest BCUT2D eigenvalue weighted by Crippen LogP contribution is -2.34.